The standard InChI is InChI=1S/C8H15NO2S/c9-7-5-12-4-3-6(7)1-2-8(10)11/h6-7H,1-5,9H2,(H,10,11)/t6-,7-/m0/s1. The van der Waals surface area contributed by atoms with E-state index in [-0.39, 0.29) is 12.5 Å². The molecule has 1 fully saturated rings. The number of hydrogen-bond acceptors (Lipinski definition) is 3. The van der Waals surface area contributed by atoms with Crippen LogP contribution in [-0.4, -0.2) is 28.6 Å². The number of carbonyl (C=O) groups is 1. The summed E-state index contributed by atoms with van der Waals surface area (Å²) >= 11 is 1.87. The van der Waals surface area contributed by atoms with Gasteiger partial charge in [-0.3, -0.25) is 4.79 Å². The fraction of sp³-hybridized carbons (Fsp3) is 0.875. The van der Waals surface area contributed by atoms with Crippen LogP contribution in [0.25, 0.3) is 0 Å². The summed E-state index contributed by atoms with van der Waals surface area (Å²) in [7, 11) is 0. The molecule has 70 valence electrons. The van der Waals surface area contributed by atoms with Gasteiger partial charge in [0.15, 0.2) is 0 Å². The molecular weight excluding hydrogens is 174 g/mol. The Morgan fingerprint density at radius 2 is 2.42 bits per heavy atom. The first-order valence-electron chi connectivity index (χ1n) is 4.25. The Morgan fingerprint density at radius 1 is 1.67 bits per heavy atom. The van der Waals surface area contributed by atoms with Crippen LogP contribution in [0, 0.1) is 5.92 Å². The van der Waals surface area contributed by atoms with Gasteiger partial charge in [-0.25, -0.2) is 0 Å². The Bertz CT molecular complexity index is 163. The van der Waals surface area contributed by atoms with Crippen molar-refractivity contribution >= 4 is 17.7 Å². The van der Waals surface area contributed by atoms with Gasteiger partial charge >= 0.3 is 5.97 Å². The number of carboxylic acid groups (broad SMARTS) is 1. The Balaban J connectivity index is 2.24. The van der Waals surface area contributed by atoms with Crippen LogP contribution in [0.1, 0.15) is 19.3 Å². The third kappa shape index (κ3) is 3.03. The molecule has 1 aliphatic heterocycles. The van der Waals surface area contributed by atoms with Gasteiger partial charge in [-0.2, -0.15) is 11.8 Å². The summed E-state index contributed by atoms with van der Waals surface area (Å²) in [5, 5.41) is 8.48. The topological polar surface area (TPSA) is 63.3 Å². The molecule has 0 aromatic heterocycles. The SMILES string of the molecule is N[C@H]1CSCC[C@@H]1CCC(=O)O. The van der Waals surface area contributed by atoms with E-state index in [2.05, 4.69) is 0 Å². The van der Waals surface area contributed by atoms with Crippen LogP contribution in [-0.2, 0) is 4.79 Å². The van der Waals surface area contributed by atoms with E-state index in [1.807, 2.05) is 11.8 Å². The molecule has 0 saturated carbocycles. The Morgan fingerprint density at radius 3 is 3.00 bits per heavy atom. The first kappa shape index (κ1) is 9.86. The van der Waals surface area contributed by atoms with Crippen molar-refractivity contribution in [3.63, 3.8) is 0 Å². The molecule has 12 heavy (non-hydrogen) atoms. The van der Waals surface area contributed by atoms with Gasteiger partial charge < -0.3 is 10.8 Å². The van der Waals surface area contributed by atoms with Crippen molar-refractivity contribution in [2.75, 3.05) is 11.5 Å². The summed E-state index contributed by atoms with van der Waals surface area (Å²) in [4.78, 5) is 10.3. The molecule has 1 rings (SSSR count). The van der Waals surface area contributed by atoms with Crippen LogP contribution in [0.5, 0.6) is 0 Å². The van der Waals surface area contributed by atoms with Gasteiger partial charge in [0.2, 0.25) is 0 Å². The highest BCUT2D eigenvalue weighted by molar-refractivity contribution is 7.99. The molecule has 0 spiro atoms. The quantitative estimate of drug-likeness (QED) is 0.693. The predicted octanol–water partition coefficient (Wildman–Crippen LogP) is 0.932. The Hall–Kier alpha value is -0.220. The summed E-state index contributed by atoms with van der Waals surface area (Å²) in [5.74, 6) is 1.85. The lowest BCUT2D eigenvalue weighted by atomic mass is 9.93. The highest BCUT2D eigenvalue weighted by atomic mass is 32.2. The molecule has 0 bridgehead atoms. The average Bonchev–Trinajstić information content (AvgIpc) is 2.03. The minimum atomic E-state index is -0.708. The number of thioether (sulfide) groups is 1. The van der Waals surface area contributed by atoms with E-state index < -0.39 is 5.97 Å². The molecule has 1 heterocycles. The fourth-order valence-electron chi connectivity index (χ4n) is 1.47. The van der Waals surface area contributed by atoms with Gasteiger partial charge in [0.1, 0.15) is 0 Å². The van der Waals surface area contributed by atoms with Crippen LogP contribution >= 0.6 is 11.8 Å². The lowest BCUT2D eigenvalue weighted by Crippen LogP contribution is -2.36. The maximum Gasteiger partial charge on any atom is 0.303 e. The minimum absolute atomic E-state index is 0.211. The van der Waals surface area contributed by atoms with Crippen LogP contribution in [0.2, 0.25) is 0 Å². The number of hydrogen-bond donors (Lipinski definition) is 2. The first-order valence-corrected chi connectivity index (χ1v) is 5.40. The van der Waals surface area contributed by atoms with Gasteiger partial charge in [0.25, 0.3) is 0 Å². The monoisotopic (exact) mass is 189 g/mol. The summed E-state index contributed by atoms with van der Waals surface area (Å²) in [6.45, 7) is 0. The van der Waals surface area contributed by atoms with E-state index in [0.717, 1.165) is 24.3 Å². The molecule has 3 N–H and O–H groups in total. The summed E-state index contributed by atoms with van der Waals surface area (Å²) in [6.07, 6.45) is 2.10. The third-order valence-electron chi connectivity index (χ3n) is 2.28. The second kappa shape index (κ2) is 4.72. The maximum absolute atomic E-state index is 10.3. The Labute approximate surface area is 76.7 Å². The maximum atomic E-state index is 10.3. The van der Waals surface area contributed by atoms with Crippen LogP contribution in [0.4, 0.5) is 0 Å². The molecule has 3 nitrogen and oxygen atoms in total. The van der Waals surface area contributed by atoms with Crippen molar-refractivity contribution in [3.8, 4) is 0 Å². The largest absolute Gasteiger partial charge is 0.481 e. The number of rotatable bonds is 3. The number of nitrogens with two attached hydrogens (primary N) is 1. The lowest BCUT2D eigenvalue weighted by Gasteiger charge is -2.27. The highest BCUT2D eigenvalue weighted by Crippen LogP contribution is 2.25. The van der Waals surface area contributed by atoms with Crippen LogP contribution in [0.3, 0.4) is 0 Å². The van der Waals surface area contributed by atoms with Crippen molar-refractivity contribution in [3.05, 3.63) is 0 Å². The summed E-state index contributed by atoms with van der Waals surface area (Å²) < 4.78 is 0. The zero-order valence-corrected chi connectivity index (χ0v) is 7.85. The van der Waals surface area contributed by atoms with Gasteiger partial charge in [0.05, 0.1) is 0 Å². The zero-order chi connectivity index (χ0) is 8.97. The lowest BCUT2D eigenvalue weighted by molar-refractivity contribution is -0.137. The highest BCUT2D eigenvalue weighted by Gasteiger charge is 2.22. The van der Waals surface area contributed by atoms with Crippen LogP contribution < -0.4 is 5.73 Å². The van der Waals surface area contributed by atoms with Gasteiger partial charge in [-0.15, -0.1) is 0 Å². The number of carboxylic acids is 1. The molecule has 0 aliphatic carbocycles. The summed E-state index contributed by atoms with van der Waals surface area (Å²) in [5.41, 5.74) is 5.85. The molecule has 1 aliphatic rings. The average molecular weight is 189 g/mol. The molecule has 0 aromatic rings. The normalized spacial score (nSPS) is 30.1. The van der Waals surface area contributed by atoms with Gasteiger partial charge in [-0.1, -0.05) is 0 Å². The van der Waals surface area contributed by atoms with Gasteiger partial charge in [-0.05, 0) is 24.5 Å². The molecule has 4 heteroatoms. The van der Waals surface area contributed by atoms with E-state index in [1.165, 1.54) is 0 Å². The van der Waals surface area contributed by atoms with E-state index in [0.29, 0.717) is 5.92 Å². The molecule has 2 atom stereocenters. The van der Waals surface area contributed by atoms with Crippen molar-refractivity contribution in [2.24, 2.45) is 11.7 Å². The predicted molar refractivity (Wildman–Crippen MR) is 50.3 cm³/mol. The van der Waals surface area contributed by atoms with E-state index >= 15 is 0 Å². The smallest absolute Gasteiger partial charge is 0.303 e. The molecular formula is C8H15NO2S. The minimum Gasteiger partial charge on any atom is -0.481 e. The molecule has 0 radical (unpaired) electrons. The van der Waals surface area contributed by atoms with Crippen molar-refractivity contribution < 1.29 is 9.90 Å². The van der Waals surface area contributed by atoms with Gasteiger partial charge in [0, 0.05) is 18.2 Å². The molecule has 1 saturated heterocycles. The second-order valence-electron chi connectivity index (χ2n) is 3.22. The number of aliphatic carboxylic acids is 1. The van der Waals surface area contributed by atoms with Crippen molar-refractivity contribution in [2.45, 2.75) is 25.3 Å². The second-order valence-corrected chi connectivity index (χ2v) is 4.37. The van der Waals surface area contributed by atoms with E-state index in [4.69, 9.17) is 10.8 Å². The van der Waals surface area contributed by atoms with E-state index in [1.54, 1.807) is 0 Å². The summed E-state index contributed by atoms with van der Waals surface area (Å²) in [6, 6.07) is 0.211. The van der Waals surface area contributed by atoms with Crippen molar-refractivity contribution in [1.29, 1.82) is 0 Å². The Kier molecular flexibility index (Phi) is 3.88. The fourth-order valence-corrected chi connectivity index (χ4v) is 2.65. The molecule has 0 aromatic carbocycles. The van der Waals surface area contributed by atoms with Crippen molar-refractivity contribution in [1.82, 2.24) is 0 Å². The van der Waals surface area contributed by atoms with Crippen LogP contribution in [0.15, 0.2) is 0 Å². The molecule has 0 unspecified atom stereocenters. The zero-order valence-electron chi connectivity index (χ0n) is 7.03. The molecule has 0 amide bonds. The van der Waals surface area contributed by atoms with E-state index in [9.17, 15) is 4.79 Å². The first-order chi connectivity index (χ1) is 5.70. The third-order valence-corrected chi connectivity index (χ3v) is 3.42.